The number of nitrogens with zero attached hydrogens (tertiary/aromatic N) is 2. The van der Waals surface area contributed by atoms with Crippen LogP contribution in [0.4, 0.5) is 0 Å². The highest BCUT2D eigenvalue weighted by molar-refractivity contribution is 7.12. The highest BCUT2D eigenvalue weighted by atomic mass is 35.5. The number of thiophene rings is 1. The van der Waals surface area contributed by atoms with E-state index in [2.05, 4.69) is 10.1 Å². The molecule has 0 amide bonds. The molecule has 2 rings (SSSR count). The largest absolute Gasteiger partial charge is 0.391 e. The normalized spacial score (nSPS) is 18.4. The molecular weight excluding hydrogens is 298 g/mol. The van der Waals surface area contributed by atoms with Crippen molar-refractivity contribution >= 4 is 29.6 Å². The van der Waals surface area contributed by atoms with Crippen LogP contribution in [-0.2, 0) is 4.84 Å². The molecule has 1 aromatic heterocycles. The molecule has 7 heteroatoms. The Morgan fingerprint density at radius 1 is 1.45 bits per heavy atom. The van der Waals surface area contributed by atoms with Crippen LogP contribution in [0.2, 0.25) is 0 Å². The molecule has 1 saturated heterocycles. The van der Waals surface area contributed by atoms with E-state index in [0.29, 0.717) is 12.4 Å². The van der Waals surface area contributed by atoms with E-state index in [1.807, 2.05) is 17.5 Å². The zero-order chi connectivity index (χ0) is 13.5. The van der Waals surface area contributed by atoms with Gasteiger partial charge in [-0.25, -0.2) is 0 Å². The lowest BCUT2D eigenvalue weighted by Gasteiger charge is -2.27. The molecule has 1 aliphatic rings. The summed E-state index contributed by atoms with van der Waals surface area (Å²) in [7, 11) is 0. The van der Waals surface area contributed by atoms with Crippen molar-refractivity contribution in [2.45, 2.75) is 25.4 Å². The first-order chi connectivity index (χ1) is 9.25. The summed E-state index contributed by atoms with van der Waals surface area (Å²) in [6.07, 6.45) is 3.22. The fraction of sp³-hybridized carbons (Fsp3) is 0.615. The summed E-state index contributed by atoms with van der Waals surface area (Å²) < 4.78 is 0. The molecule has 20 heavy (non-hydrogen) atoms. The molecule has 0 spiro atoms. The summed E-state index contributed by atoms with van der Waals surface area (Å²) in [4.78, 5) is 8.26. The van der Waals surface area contributed by atoms with Crippen molar-refractivity contribution in [1.82, 2.24) is 4.90 Å². The highest BCUT2D eigenvalue weighted by Gasteiger charge is 2.14. The van der Waals surface area contributed by atoms with E-state index in [1.54, 1.807) is 0 Å². The minimum absolute atomic E-state index is 0. The lowest BCUT2D eigenvalue weighted by Crippen LogP contribution is -2.38. The number of amidine groups is 1. The maximum atomic E-state index is 9.87. The Kier molecular flexibility index (Phi) is 7.91. The van der Waals surface area contributed by atoms with Crippen LogP contribution in [0.5, 0.6) is 0 Å². The highest BCUT2D eigenvalue weighted by Crippen LogP contribution is 2.09. The number of β-amino-alcohol motifs (C(OH)–C–C–N with tert-alkyl or cyclic N) is 1. The fourth-order valence-electron chi connectivity index (χ4n) is 2.15. The first-order valence-electron chi connectivity index (χ1n) is 6.65. The van der Waals surface area contributed by atoms with E-state index in [4.69, 9.17) is 10.6 Å². The second kappa shape index (κ2) is 9.18. The average molecular weight is 320 g/mol. The quantitative estimate of drug-likeness (QED) is 0.475. The van der Waals surface area contributed by atoms with E-state index < -0.39 is 6.10 Å². The molecule has 114 valence electrons. The van der Waals surface area contributed by atoms with Gasteiger partial charge in [0.1, 0.15) is 12.7 Å². The minimum Gasteiger partial charge on any atom is -0.391 e. The zero-order valence-electron chi connectivity index (χ0n) is 11.4. The molecule has 0 aliphatic carbocycles. The Hall–Kier alpha value is -0.820. The number of nitrogens with two attached hydrogens (primary N) is 1. The topological polar surface area (TPSA) is 71.1 Å². The summed E-state index contributed by atoms with van der Waals surface area (Å²) in [6.45, 7) is 2.96. The fourth-order valence-corrected chi connectivity index (χ4v) is 2.77. The molecule has 3 N–H and O–H groups in total. The minimum atomic E-state index is -0.516. The van der Waals surface area contributed by atoms with Crippen molar-refractivity contribution in [2.24, 2.45) is 10.9 Å². The predicted octanol–water partition coefficient (Wildman–Crippen LogP) is 1.65. The lowest BCUT2D eigenvalue weighted by molar-refractivity contribution is 0.0158. The van der Waals surface area contributed by atoms with Gasteiger partial charge in [-0.1, -0.05) is 17.6 Å². The van der Waals surface area contributed by atoms with Crippen molar-refractivity contribution in [2.75, 3.05) is 26.2 Å². The van der Waals surface area contributed by atoms with Gasteiger partial charge in [-0.05, 0) is 37.4 Å². The Bertz CT molecular complexity index is 394. The average Bonchev–Trinajstić information content (AvgIpc) is 2.93. The molecule has 2 heterocycles. The van der Waals surface area contributed by atoms with E-state index >= 15 is 0 Å². The number of hydrogen-bond donors (Lipinski definition) is 2. The molecule has 5 nitrogen and oxygen atoms in total. The second-order valence-corrected chi connectivity index (χ2v) is 5.71. The van der Waals surface area contributed by atoms with E-state index in [9.17, 15) is 5.11 Å². The van der Waals surface area contributed by atoms with Gasteiger partial charge < -0.3 is 20.6 Å². The monoisotopic (exact) mass is 319 g/mol. The van der Waals surface area contributed by atoms with Gasteiger partial charge in [0.25, 0.3) is 0 Å². The molecular formula is C13H22ClN3O2S. The van der Waals surface area contributed by atoms with Crippen molar-refractivity contribution < 1.29 is 9.94 Å². The third-order valence-electron chi connectivity index (χ3n) is 3.12. The first-order valence-corrected chi connectivity index (χ1v) is 7.53. The molecule has 0 saturated carbocycles. The molecule has 0 radical (unpaired) electrons. The van der Waals surface area contributed by atoms with Crippen LogP contribution < -0.4 is 5.73 Å². The molecule has 0 aromatic carbocycles. The van der Waals surface area contributed by atoms with Gasteiger partial charge in [0.2, 0.25) is 0 Å². The van der Waals surface area contributed by atoms with Gasteiger partial charge in [0.15, 0.2) is 5.84 Å². The van der Waals surface area contributed by atoms with Gasteiger partial charge in [0, 0.05) is 6.54 Å². The Morgan fingerprint density at radius 3 is 2.85 bits per heavy atom. The van der Waals surface area contributed by atoms with Crippen LogP contribution in [0.15, 0.2) is 22.7 Å². The molecule has 1 atom stereocenters. The summed E-state index contributed by atoms with van der Waals surface area (Å²) in [6, 6.07) is 3.80. The van der Waals surface area contributed by atoms with Crippen LogP contribution in [0, 0.1) is 0 Å². The third-order valence-corrected chi connectivity index (χ3v) is 4.01. The van der Waals surface area contributed by atoms with Crippen LogP contribution in [0.1, 0.15) is 24.1 Å². The van der Waals surface area contributed by atoms with Crippen molar-refractivity contribution in [1.29, 1.82) is 0 Å². The van der Waals surface area contributed by atoms with E-state index in [1.165, 1.54) is 30.6 Å². The van der Waals surface area contributed by atoms with Crippen molar-refractivity contribution in [3.05, 3.63) is 22.4 Å². The van der Waals surface area contributed by atoms with Gasteiger partial charge in [-0.3, -0.25) is 0 Å². The summed E-state index contributed by atoms with van der Waals surface area (Å²) >= 11 is 1.51. The Balaban J connectivity index is 0.00000200. The SMILES string of the molecule is Cl.N/C(=N\OCC(O)CN1CCCCC1)c1cccs1. The molecule has 1 fully saturated rings. The number of aliphatic hydroxyl groups excluding tert-OH is 1. The Labute approximate surface area is 129 Å². The predicted molar refractivity (Wildman–Crippen MR) is 84.5 cm³/mol. The van der Waals surface area contributed by atoms with Gasteiger partial charge >= 0.3 is 0 Å². The number of halogens is 1. The first kappa shape index (κ1) is 17.2. The standard InChI is InChI=1S/C13H21N3O2S.ClH/c14-13(12-5-4-8-19-12)15-18-10-11(17)9-16-6-2-1-3-7-16;/h4-5,8,11,17H,1-3,6-7,9-10H2,(H2,14,15);1H. The lowest BCUT2D eigenvalue weighted by atomic mass is 10.1. The van der Waals surface area contributed by atoms with Crippen molar-refractivity contribution in [3.8, 4) is 0 Å². The van der Waals surface area contributed by atoms with Crippen LogP contribution >= 0.6 is 23.7 Å². The summed E-state index contributed by atoms with van der Waals surface area (Å²) in [5.74, 6) is 0.361. The summed E-state index contributed by atoms with van der Waals surface area (Å²) in [5.41, 5.74) is 5.75. The number of hydrogen-bond acceptors (Lipinski definition) is 5. The van der Waals surface area contributed by atoms with Crippen LogP contribution in [-0.4, -0.2) is 48.2 Å². The van der Waals surface area contributed by atoms with Gasteiger partial charge in [0.05, 0.1) is 4.88 Å². The van der Waals surface area contributed by atoms with E-state index in [-0.39, 0.29) is 19.0 Å². The smallest absolute Gasteiger partial charge is 0.180 e. The van der Waals surface area contributed by atoms with Crippen molar-refractivity contribution in [3.63, 3.8) is 0 Å². The zero-order valence-corrected chi connectivity index (χ0v) is 13.0. The van der Waals surface area contributed by atoms with E-state index in [0.717, 1.165) is 18.0 Å². The number of likely N-dealkylation sites (tertiary alicyclic amines) is 1. The summed E-state index contributed by atoms with van der Waals surface area (Å²) in [5, 5.41) is 15.6. The number of oxime groups is 1. The second-order valence-electron chi connectivity index (χ2n) is 4.76. The molecule has 1 aromatic rings. The third kappa shape index (κ3) is 5.66. The maximum absolute atomic E-state index is 9.87. The van der Waals surface area contributed by atoms with Gasteiger partial charge in [-0.2, -0.15) is 0 Å². The van der Waals surface area contributed by atoms with Crippen LogP contribution in [0.25, 0.3) is 0 Å². The van der Waals surface area contributed by atoms with Crippen LogP contribution in [0.3, 0.4) is 0 Å². The molecule has 0 bridgehead atoms. The number of rotatable bonds is 6. The number of aliphatic hydroxyl groups is 1. The molecule has 1 unspecified atom stereocenters. The maximum Gasteiger partial charge on any atom is 0.180 e. The Morgan fingerprint density at radius 2 is 2.20 bits per heavy atom. The number of piperidine rings is 1. The van der Waals surface area contributed by atoms with Gasteiger partial charge in [-0.15, -0.1) is 23.7 Å². The molecule has 1 aliphatic heterocycles.